The molecule has 6 aromatic carbocycles. The van der Waals surface area contributed by atoms with Crippen LogP contribution >= 0.6 is 0 Å². The summed E-state index contributed by atoms with van der Waals surface area (Å²) in [4.78, 5) is 0. The van der Waals surface area contributed by atoms with E-state index in [-0.39, 0.29) is 34.8 Å². The van der Waals surface area contributed by atoms with Gasteiger partial charge in [-0.05, 0) is 119 Å². The minimum Gasteiger partial charge on any atom is -0.508 e. The average molecular weight is 607 g/mol. The van der Waals surface area contributed by atoms with Crippen molar-refractivity contribution in [3.63, 3.8) is 0 Å². The van der Waals surface area contributed by atoms with Crippen molar-refractivity contribution < 1.29 is 20.4 Å². The van der Waals surface area contributed by atoms with Crippen LogP contribution in [0.15, 0.2) is 121 Å². The second kappa shape index (κ2) is 12.5. The Morgan fingerprint density at radius 3 is 0.739 bits per heavy atom. The molecule has 4 nitrogen and oxygen atoms in total. The molecule has 0 unspecified atom stereocenters. The van der Waals surface area contributed by atoms with Gasteiger partial charge in [0.1, 0.15) is 23.0 Å². The Balaban J connectivity index is 1.35. The predicted molar refractivity (Wildman–Crippen MR) is 185 cm³/mol. The maximum absolute atomic E-state index is 10.2. The van der Waals surface area contributed by atoms with Crippen molar-refractivity contribution >= 4 is 0 Å². The highest BCUT2D eigenvalue weighted by Crippen LogP contribution is 2.39. The Morgan fingerprint density at radius 1 is 0.304 bits per heavy atom. The minimum absolute atomic E-state index is 0.0710. The summed E-state index contributed by atoms with van der Waals surface area (Å²) >= 11 is 0. The SMILES string of the molecule is Cc1cc(C(c2ccc(-c3ccc(C(c4ccc(O)c(C)c4)c4ccc(O)c(C)c4)cc3)cc2)c2ccc(O)c(C)c2)ccc1O. The van der Waals surface area contributed by atoms with Crippen LogP contribution in [0.4, 0.5) is 0 Å². The lowest BCUT2D eigenvalue weighted by Crippen LogP contribution is -2.05. The van der Waals surface area contributed by atoms with Crippen LogP contribution in [-0.4, -0.2) is 20.4 Å². The second-order valence-electron chi connectivity index (χ2n) is 12.3. The standard InChI is InChI=1S/C42H38O4/c1-25-21-33(13-17-37(25)43)41(34-14-18-38(44)26(2)22-34)31-9-5-29(6-10-31)30-7-11-32(12-8-30)42(35-15-19-39(45)27(3)23-35)36-16-20-40(46)28(4)24-36/h5-24,41-46H,1-4H3. The number of aromatic hydroxyl groups is 4. The van der Waals surface area contributed by atoms with Crippen molar-refractivity contribution in [2.75, 3.05) is 0 Å². The van der Waals surface area contributed by atoms with Gasteiger partial charge in [-0.1, -0.05) is 97.1 Å². The zero-order chi connectivity index (χ0) is 32.5. The van der Waals surface area contributed by atoms with Crippen LogP contribution in [0.3, 0.4) is 0 Å². The first kappa shape index (κ1) is 30.5. The van der Waals surface area contributed by atoms with Gasteiger partial charge in [-0.25, -0.2) is 0 Å². The second-order valence-corrected chi connectivity index (χ2v) is 12.3. The Hall–Kier alpha value is -5.48. The van der Waals surface area contributed by atoms with Gasteiger partial charge in [0.2, 0.25) is 0 Å². The Kier molecular flexibility index (Phi) is 8.29. The van der Waals surface area contributed by atoms with E-state index in [2.05, 4.69) is 48.5 Å². The molecule has 0 spiro atoms. The van der Waals surface area contributed by atoms with Gasteiger partial charge in [0.05, 0.1) is 0 Å². The van der Waals surface area contributed by atoms with Crippen LogP contribution in [0, 0.1) is 27.7 Å². The molecule has 0 aromatic heterocycles. The van der Waals surface area contributed by atoms with Crippen molar-refractivity contribution in [1.82, 2.24) is 0 Å². The fourth-order valence-corrected chi connectivity index (χ4v) is 6.32. The number of rotatable bonds is 7. The van der Waals surface area contributed by atoms with Crippen molar-refractivity contribution in [3.05, 3.63) is 177 Å². The van der Waals surface area contributed by atoms with E-state index in [4.69, 9.17) is 0 Å². The van der Waals surface area contributed by atoms with Crippen molar-refractivity contribution in [2.45, 2.75) is 39.5 Å². The van der Waals surface area contributed by atoms with Gasteiger partial charge >= 0.3 is 0 Å². The summed E-state index contributed by atoms with van der Waals surface area (Å²) in [6.07, 6.45) is 0. The number of benzene rings is 6. The summed E-state index contributed by atoms with van der Waals surface area (Å²) in [5.41, 5.74) is 11.9. The lowest BCUT2D eigenvalue weighted by molar-refractivity contribution is 0.470. The van der Waals surface area contributed by atoms with Crippen molar-refractivity contribution in [1.29, 1.82) is 0 Å². The van der Waals surface area contributed by atoms with Crippen molar-refractivity contribution in [3.8, 4) is 34.1 Å². The van der Waals surface area contributed by atoms with Gasteiger partial charge in [-0.15, -0.1) is 0 Å². The quantitative estimate of drug-likeness (QED) is 0.136. The summed E-state index contributed by atoms with van der Waals surface area (Å²) in [7, 11) is 0. The van der Waals surface area contributed by atoms with E-state index in [9.17, 15) is 20.4 Å². The molecule has 6 rings (SSSR count). The van der Waals surface area contributed by atoms with Crippen LogP contribution < -0.4 is 0 Å². The van der Waals surface area contributed by atoms with Crippen molar-refractivity contribution in [2.24, 2.45) is 0 Å². The van der Waals surface area contributed by atoms with Gasteiger partial charge in [0, 0.05) is 11.8 Å². The van der Waals surface area contributed by atoms with Crippen LogP contribution in [-0.2, 0) is 0 Å². The van der Waals surface area contributed by atoms with Gasteiger partial charge in [-0.3, -0.25) is 0 Å². The van der Waals surface area contributed by atoms with Crippen LogP contribution in [0.2, 0.25) is 0 Å². The van der Waals surface area contributed by atoms with Gasteiger partial charge in [-0.2, -0.15) is 0 Å². The molecule has 0 fully saturated rings. The molecule has 0 saturated heterocycles. The topological polar surface area (TPSA) is 80.9 Å². The Bertz CT molecular complexity index is 1770. The predicted octanol–water partition coefficient (Wildman–Crippen LogP) is 9.77. The molecule has 0 aliphatic carbocycles. The van der Waals surface area contributed by atoms with E-state index in [0.29, 0.717) is 0 Å². The van der Waals surface area contributed by atoms with Crippen LogP contribution in [0.1, 0.15) is 67.5 Å². The number of phenols is 4. The maximum Gasteiger partial charge on any atom is 0.118 e. The van der Waals surface area contributed by atoms with Gasteiger partial charge < -0.3 is 20.4 Å². The molecule has 4 heteroatoms. The molecule has 230 valence electrons. The smallest absolute Gasteiger partial charge is 0.118 e. The van der Waals surface area contributed by atoms with E-state index in [1.165, 1.54) is 0 Å². The van der Waals surface area contributed by atoms with Gasteiger partial charge in [0.15, 0.2) is 0 Å². The highest BCUT2D eigenvalue weighted by atomic mass is 16.3. The molecule has 46 heavy (non-hydrogen) atoms. The third kappa shape index (κ3) is 6.07. The highest BCUT2D eigenvalue weighted by molar-refractivity contribution is 5.65. The number of hydrogen-bond acceptors (Lipinski definition) is 4. The Labute approximate surface area is 270 Å². The number of aryl methyl sites for hydroxylation is 4. The molecule has 0 radical (unpaired) electrons. The van der Waals surface area contributed by atoms with E-state index >= 15 is 0 Å². The van der Waals surface area contributed by atoms with E-state index in [0.717, 1.165) is 66.8 Å². The van der Waals surface area contributed by atoms with E-state index in [1.807, 2.05) is 76.2 Å². The monoisotopic (exact) mass is 606 g/mol. The molecule has 6 aromatic rings. The molecule has 0 atom stereocenters. The summed E-state index contributed by atoms with van der Waals surface area (Å²) in [5.74, 6) is 0.938. The summed E-state index contributed by atoms with van der Waals surface area (Å²) < 4.78 is 0. The third-order valence-electron chi connectivity index (χ3n) is 9.04. The van der Waals surface area contributed by atoms with E-state index in [1.54, 1.807) is 24.3 Å². The molecule has 0 heterocycles. The molecule has 4 N–H and O–H groups in total. The van der Waals surface area contributed by atoms with Crippen LogP contribution in [0.25, 0.3) is 11.1 Å². The molecular weight excluding hydrogens is 568 g/mol. The summed E-state index contributed by atoms with van der Waals surface area (Å²) in [6, 6.07) is 40.1. The molecule has 0 aliphatic heterocycles. The van der Waals surface area contributed by atoms with Gasteiger partial charge in [0.25, 0.3) is 0 Å². The number of phenolic OH excluding ortho intramolecular Hbond substituents is 4. The highest BCUT2D eigenvalue weighted by Gasteiger charge is 2.21. The molecule has 0 bridgehead atoms. The van der Waals surface area contributed by atoms with E-state index < -0.39 is 0 Å². The molecule has 0 amide bonds. The minimum atomic E-state index is -0.0710. The fourth-order valence-electron chi connectivity index (χ4n) is 6.32. The first-order valence-corrected chi connectivity index (χ1v) is 15.5. The zero-order valence-electron chi connectivity index (χ0n) is 26.5. The summed E-state index contributed by atoms with van der Waals surface area (Å²) in [5, 5.41) is 40.7. The molecule has 0 aliphatic rings. The third-order valence-corrected chi connectivity index (χ3v) is 9.04. The fraction of sp³-hybridized carbons (Fsp3) is 0.143. The maximum atomic E-state index is 10.2. The molecule has 0 saturated carbocycles. The largest absolute Gasteiger partial charge is 0.508 e. The normalized spacial score (nSPS) is 11.3. The Morgan fingerprint density at radius 2 is 0.522 bits per heavy atom. The number of hydrogen-bond donors (Lipinski definition) is 4. The summed E-state index contributed by atoms with van der Waals surface area (Å²) in [6.45, 7) is 7.61. The lowest BCUT2D eigenvalue weighted by atomic mass is 9.82. The lowest BCUT2D eigenvalue weighted by Gasteiger charge is -2.22. The van der Waals surface area contributed by atoms with Crippen LogP contribution in [0.5, 0.6) is 23.0 Å². The first-order valence-electron chi connectivity index (χ1n) is 15.5. The zero-order valence-corrected chi connectivity index (χ0v) is 26.5. The average Bonchev–Trinajstić information content (AvgIpc) is 3.05. The molecular formula is C42H38O4. The first-order chi connectivity index (χ1) is 22.1.